The lowest BCUT2D eigenvalue weighted by Gasteiger charge is -2.21. The molecule has 0 spiro atoms. The van der Waals surface area contributed by atoms with Gasteiger partial charge in [0.1, 0.15) is 11.2 Å². The van der Waals surface area contributed by atoms with Crippen LogP contribution in [0.25, 0.3) is 11.3 Å². The first-order valence-electron chi connectivity index (χ1n) is 13.7. The Labute approximate surface area is 248 Å². The van der Waals surface area contributed by atoms with E-state index in [1.54, 1.807) is 22.0 Å². The highest BCUT2D eigenvalue weighted by molar-refractivity contribution is 6.31. The fraction of sp³-hybridized carbons (Fsp3) is 0.345. The zero-order valence-electron chi connectivity index (χ0n) is 23.0. The summed E-state index contributed by atoms with van der Waals surface area (Å²) in [5.41, 5.74) is 0.116. The van der Waals surface area contributed by atoms with Crippen LogP contribution in [-0.4, -0.2) is 48.1 Å². The quantitative estimate of drug-likeness (QED) is 0.304. The lowest BCUT2D eigenvalue weighted by atomic mass is 10.0. The van der Waals surface area contributed by atoms with E-state index in [9.17, 15) is 22.8 Å². The van der Waals surface area contributed by atoms with Gasteiger partial charge < -0.3 is 5.32 Å². The number of anilines is 2. The van der Waals surface area contributed by atoms with E-state index in [2.05, 4.69) is 25.4 Å². The van der Waals surface area contributed by atoms with Crippen molar-refractivity contribution in [1.29, 1.82) is 0 Å². The summed E-state index contributed by atoms with van der Waals surface area (Å²) in [5.74, 6) is -0.371. The smallest absolute Gasteiger partial charge is 0.276 e. The summed E-state index contributed by atoms with van der Waals surface area (Å²) in [6.07, 6.45) is 5.47. The average molecular weight is 609 g/mol. The third-order valence-corrected chi connectivity index (χ3v) is 8.65. The monoisotopic (exact) mass is 608 g/mol. The molecule has 2 saturated carbocycles. The van der Waals surface area contributed by atoms with Gasteiger partial charge in [-0.3, -0.25) is 24.2 Å². The average Bonchev–Trinajstić information content (AvgIpc) is 3.87. The Morgan fingerprint density at radius 3 is 2.56 bits per heavy atom. The molecule has 0 radical (unpaired) electrons. The molecule has 1 saturated heterocycles. The zero-order valence-corrected chi connectivity index (χ0v) is 23.7. The molecule has 3 fully saturated rings. The van der Waals surface area contributed by atoms with Crippen LogP contribution < -0.4 is 10.2 Å². The lowest BCUT2D eigenvalue weighted by Crippen LogP contribution is -2.30. The van der Waals surface area contributed by atoms with Gasteiger partial charge in [-0.05, 0) is 45.1 Å². The van der Waals surface area contributed by atoms with Gasteiger partial charge in [-0.1, -0.05) is 17.7 Å². The number of hydrogen-bond acceptors (Lipinski definition) is 7. The van der Waals surface area contributed by atoms with Crippen molar-refractivity contribution in [2.24, 2.45) is 11.8 Å². The van der Waals surface area contributed by atoms with Crippen LogP contribution in [0.2, 0.25) is 5.02 Å². The number of aromatic nitrogens is 6. The van der Waals surface area contributed by atoms with E-state index in [4.69, 9.17) is 16.6 Å². The van der Waals surface area contributed by atoms with E-state index in [0.717, 1.165) is 43.3 Å². The molecule has 1 N–H and O–H groups in total. The van der Waals surface area contributed by atoms with E-state index in [1.807, 2.05) is 6.92 Å². The first-order valence-corrected chi connectivity index (χ1v) is 14.1. The number of rotatable bonds is 7. The summed E-state index contributed by atoms with van der Waals surface area (Å²) in [6.45, 7) is 4.01. The molecule has 43 heavy (non-hydrogen) atoms. The van der Waals surface area contributed by atoms with Crippen LogP contribution >= 0.6 is 11.6 Å². The fourth-order valence-corrected chi connectivity index (χ4v) is 5.95. The van der Waals surface area contributed by atoms with Crippen molar-refractivity contribution in [3.05, 3.63) is 76.1 Å². The van der Waals surface area contributed by atoms with E-state index in [-0.39, 0.29) is 33.9 Å². The lowest BCUT2D eigenvalue weighted by molar-refractivity contribution is -0.118. The number of piperidine rings is 1. The van der Waals surface area contributed by atoms with Crippen LogP contribution in [0.3, 0.4) is 0 Å². The number of amides is 2. The summed E-state index contributed by atoms with van der Waals surface area (Å²) >= 11 is 5.82. The molecule has 7 rings (SSSR count). The third kappa shape index (κ3) is 4.53. The first kappa shape index (κ1) is 27.4. The second-order valence-corrected chi connectivity index (χ2v) is 11.6. The highest BCUT2D eigenvalue weighted by atomic mass is 35.5. The van der Waals surface area contributed by atoms with E-state index < -0.39 is 34.8 Å². The number of halogens is 4. The van der Waals surface area contributed by atoms with Gasteiger partial charge in [0.2, 0.25) is 5.91 Å². The summed E-state index contributed by atoms with van der Waals surface area (Å²) in [4.78, 5) is 45.0. The summed E-state index contributed by atoms with van der Waals surface area (Å²) in [7, 11) is 0. The topological polar surface area (TPSA) is 119 Å². The molecule has 10 nitrogen and oxygen atoms in total. The minimum Gasteiger partial charge on any atom is -0.318 e. The van der Waals surface area contributed by atoms with Crippen LogP contribution in [0.4, 0.5) is 24.7 Å². The molecule has 220 valence electrons. The van der Waals surface area contributed by atoms with Crippen molar-refractivity contribution < 1.29 is 22.8 Å². The molecule has 3 aromatic heterocycles. The third-order valence-electron chi connectivity index (χ3n) is 8.36. The predicted molar refractivity (Wildman–Crippen MR) is 149 cm³/mol. The molecule has 2 aliphatic carbocycles. The first-order chi connectivity index (χ1) is 20.6. The molecule has 3 aliphatic rings. The number of fused-ring (bicyclic) bond motifs is 1. The Hall–Kier alpha value is -4.39. The van der Waals surface area contributed by atoms with Crippen molar-refractivity contribution in [2.45, 2.75) is 45.1 Å². The Balaban J connectivity index is 1.09. The van der Waals surface area contributed by atoms with Crippen LogP contribution in [0.15, 0.2) is 36.9 Å². The molecule has 2 atom stereocenters. The van der Waals surface area contributed by atoms with Crippen LogP contribution in [0.5, 0.6) is 0 Å². The highest BCUT2D eigenvalue weighted by Crippen LogP contribution is 2.50. The van der Waals surface area contributed by atoms with Gasteiger partial charge in [0.15, 0.2) is 11.6 Å². The Bertz CT molecular complexity index is 1830. The SMILES string of the molecule is Cc1nc(-c2c(C(F)F)ccc(Cl)c2F)cnc1C(=O)Nc1cnn(C2(c3cnc(N4C[C@H]5C[C@H]5C4=O)c(C)n3)CC2)c1. The zero-order chi connectivity index (χ0) is 30.2. The van der Waals surface area contributed by atoms with Crippen LogP contribution in [0, 0.1) is 31.5 Å². The molecule has 14 heteroatoms. The molecule has 4 heterocycles. The van der Waals surface area contributed by atoms with Gasteiger partial charge in [0.05, 0.1) is 52.1 Å². The van der Waals surface area contributed by atoms with Crippen molar-refractivity contribution in [1.82, 2.24) is 29.7 Å². The number of nitrogens with one attached hydrogen (secondary N) is 1. The van der Waals surface area contributed by atoms with Crippen LogP contribution in [-0.2, 0) is 10.3 Å². The standard InChI is InChI=1S/C29H24ClF3N8O2/c1-13-24(34-9-20(37-13)22-17(25(32)33)3-4-19(30)23(22)31)27(42)39-16-8-36-41(12-16)29(5-6-29)21-10-35-26(14(2)38-21)40-11-15-7-18(15)28(40)43/h3-4,8-10,12,15,18,25H,5-7,11H2,1-2H3,(H,39,42)/t15-,18-/m1/s1. The number of carbonyl (C=O) groups is 2. The van der Waals surface area contributed by atoms with Gasteiger partial charge in [-0.2, -0.15) is 5.10 Å². The van der Waals surface area contributed by atoms with Crippen molar-refractivity contribution in [3.63, 3.8) is 0 Å². The number of carbonyl (C=O) groups excluding carboxylic acids is 2. The normalized spacial score (nSPS) is 20.0. The Kier molecular flexibility index (Phi) is 6.27. The second kappa shape index (κ2) is 9.83. The van der Waals surface area contributed by atoms with Gasteiger partial charge in [0, 0.05) is 29.8 Å². The van der Waals surface area contributed by atoms with Gasteiger partial charge in [0.25, 0.3) is 12.3 Å². The van der Waals surface area contributed by atoms with Crippen molar-refractivity contribution >= 4 is 34.9 Å². The summed E-state index contributed by atoms with van der Waals surface area (Å²) in [6, 6.07) is 2.09. The van der Waals surface area contributed by atoms with Gasteiger partial charge in [-0.15, -0.1) is 0 Å². The maximum Gasteiger partial charge on any atom is 0.276 e. The maximum absolute atomic E-state index is 14.7. The minimum atomic E-state index is -2.97. The summed E-state index contributed by atoms with van der Waals surface area (Å²) in [5, 5.41) is 6.86. The van der Waals surface area contributed by atoms with Gasteiger partial charge in [-0.25, -0.2) is 28.1 Å². The number of alkyl halides is 2. The Morgan fingerprint density at radius 1 is 1.12 bits per heavy atom. The predicted octanol–water partition coefficient (Wildman–Crippen LogP) is 5.25. The van der Waals surface area contributed by atoms with Crippen LogP contribution in [0.1, 0.15) is 58.8 Å². The molecule has 0 bridgehead atoms. The molecule has 2 amide bonds. The molecular weight excluding hydrogens is 585 g/mol. The number of aryl methyl sites for hydroxylation is 2. The highest BCUT2D eigenvalue weighted by Gasteiger charge is 2.54. The number of hydrogen-bond donors (Lipinski definition) is 1. The Morgan fingerprint density at radius 2 is 1.91 bits per heavy atom. The fourth-order valence-electron chi connectivity index (χ4n) is 5.80. The molecular formula is C29H24ClF3N8O2. The number of nitrogens with zero attached hydrogens (tertiary/aromatic N) is 7. The summed E-state index contributed by atoms with van der Waals surface area (Å²) < 4.78 is 43.5. The van der Waals surface area contributed by atoms with Crippen molar-refractivity contribution in [2.75, 3.05) is 16.8 Å². The largest absolute Gasteiger partial charge is 0.318 e. The number of benzene rings is 1. The molecule has 1 aliphatic heterocycles. The van der Waals surface area contributed by atoms with Gasteiger partial charge >= 0.3 is 0 Å². The van der Waals surface area contributed by atoms with E-state index >= 15 is 0 Å². The van der Waals surface area contributed by atoms with E-state index in [1.165, 1.54) is 13.1 Å². The molecule has 1 aromatic carbocycles. The van der Waals surface area contributed by atoms with E-state index in [0.29, 0.717) is 29.7 Å². The minimum absolute atomic E-state index is 0.0650. The van der Waals surface area contributed by atoms with Crippen molar-refractivity contribution in [3.8, 4) is 11.3 Å². The maximum atomic E-state index is 14.7. The molecule has 0 unspecified atom stereocenters. The second-order valence-electron chi connectivity index (χ2n) is 11.2. The molecule has 4 aromatic rings.